The van der Waals surface area contributed by atoms with Crippen LogP contribution < -0.4 is 5.32 Å². The van der Waals surface area contributed by atoms with E-state index >= 15 is 0 Å². The first-order chi connectivity index (χ1) is 12.5. The molecule has 6 nitrogen and oxygen atoms in total. The summed E-state index contributed by atoms with van der Waals surface area (Å²) in [6, 6.07) is 15.3. The second-order valence-electron chi connectivity index (χ2n) is 6.32. The molecule has 0 aliphatic heterocycles. The third-order valence-corrected chi connectivity index (χ3v) is 4.42. The average Bonchev–Trinajstić information content (AvgIpc) is 3.09. The zero-order chi connectivity index (χ0) is 18.7. The van der Waals surface area contributed by atoms with E-state index in [0.29, 0.717) is 0 Å². The highest BCUT2D eigenvalue weighted by Crippen LogP contribution is 2.16. The van der Waals surface area contributed by atoms with Crippen LogP contribution in [0.25, 0.3) is 5.69 Å². The third-order valence-electron chi connectivity index (χ3n) is 4.42. The lowest BCUT2D eigenvalue weighted by molar-refractivity contribution is 0.0931. The number of aliphatic hydroxyl groups excluding tert-OH is 1. The van der Waals surface area contributed by atoms with Crippen molar-refractivity contribution in [3.05, 3.63) is 76.6 Å². The van der Waals surface area contributed by atoms with Crippen LogP contribution in [0.4, 0.5) is 0 Å². The molecule has 6 heteroatoms. The largest absolute Gasteiger partial charge is 0.390 e. The van der Waals surface area contributed by atoms with Gasteiger partial charge in [-0.15, -0.1) is 10.2 Å². The summed E-state index contributed by atoms with van der Waals surface area (Å²) in [5, 5.41) is 21.1. The van der Waals surface area contributed by atoms with Crippen LogP contribution in [0.2, 0.25) is 0 Å². The molecule has 0 aliphatic carbocycles. The number of aryl methyl sites for hydroxylation is 2. The Hall–Kier alpha value is -2.99. The molecule has 3 aromatic rings. The van der Waals surface area contributed by atoms with Crippen LogP contribution in [0.15, 0.2) is 48.5 Å². The second-order valence-corrected chi connectivity index (χ2v) is 6.32. The van der Waals surface area contributed by atoms with Crippen LogP contribution in [0.1, 0.15) is 45.8 Å². The number of rotatable bonds is 5. The first kappa shape index (κ1) is 17.8. The van der Waals surface area contributed by atoms with E-state index in [9.17, 15) is 9.90 Å². The topological polar surface area (TPSA) is 80.0 Å². The lowest BCUT2D eigenvalue weighted by Crippen LogP contribution is -2.28. The lowest BCUT2D eigenvalue weighted by atomic mass is 10.1. The molecule has 1 aromatic heterocycles. The van der Waals surface area contributed by atoms with Crippen LogP contribution >= 0.6 is 0 Å². The van der Waals surface area contributed by atoms with Gasteiger partial charge >= 0.3 is 0 Å². The van der Waals surface area contributed by atoms with Crippen LogP contribution in [-0.4, -0.2) is 26.0 Å². The van der Waals surface area contributed by atoms with Gasteiger partial charge in [0.1, 0.15) is 5.69 Å². The van der Waals surface area contributed by atoms with Gasteiger partial charge in [-0.1, -0.05) is 36.4 Å². The Bertz CT molecular complexity index is 919. The highest BCUT2D eigenvalue weighted by atomic mass is 16.3. The highest BCUT2D eigenvalue weighted by Gasteiger charge is 2.20. The normalized spacial score (nSPS) is 12.0. The maximum absolute atomic E-state index is 12.6. The summed E-state index contributed by atoms with van der Waals surface area (Å²) >= 11 is 0. The molecule has 0 saturated heterocycles. The zero-order valence-electron chi connectivity index (χ0n) is 15.1. The summed E-state index contributed by atoms with van der Waals surface area (Å²) in [4.78, 5) is 14.0. The molecule has 0 bridgehead atoms. The average molecular weight is 350 g/mol. The van der Waals surface area contributed by atoms with E-state index in [0.717, 1.165) is 22.4 Å². The summed E-state index contributed by atoms with van der Waals surface area (Å²) < 4.78 is 0. The van der Waals surface area contributed by atoms with Gasteiger partial charge in [0.2, 0.25) is 0 Å². The predicted molar refractivity (Wildman–Crippen MR) is 99.1 cm³/mol. The summed E-state index contributed by atoms with van der Waals surface area (Å²) in [6.45, 7) is 5.58. The van der Waals surface area contributed by atoms with Gasteiger partial charge in [-0.25, -0.2) is 0 Å². The molecular weight excluding hydrogens is 328 g/mol. The number of hydrogen-bond donors (Lipinski definition) is 2. The van der Waals surface area contributed by atoms with Gasteiger partial charge in [0.05, 0.1) is 18.3 Å². The Kier molecular flexibility index (Phi) is 5.14. The fourth-order valence-electron chi connectivity index (χ4n) is 2.67. The minimum atomic E-state index is -0.361. The number of aromatic nitrogens is 3. The molecule has 0 fully saturated rings. The van der Waals surface area contributed by atoms with Gasteiger partial charge in [0.15, 0.2) is 5.69 Å². The minimum Gasteiger partial charge on any atom is -0.390 e. The van der Waals surface area contributed by atoms with Crippen LogP contribution in [0.5, 0.6) is 0 Å². The van der Waals surface area contributed by atoms with E-state index < -0.39 is 0 Å². The third kappa shape index (κ3) is 3.65. The molecule has 1 amide bonds. The van der Waals surface area contributed by atoms with Gasteiger partial charge in [-0.3, -0.25) is 4.79 Å². The molecule has 2 N–H and O–H groups in total. The van der Waals surface area contributed by atoms with Gasteiger partial charge in [-0.05, 0) is 49.6 Å². The van der Waals surface area contributed by atoms with Gasteiger partial charge < -0.3 is 10.4 Å². The van der Waals surface area contributed by atoms with Crippen molar-refractivity contribution in [2.75, 3.05) is 0 Å². The molecule has 0 radical (unpaired) electrons. The first-order valence-electron chi connectivity index (χ1n) is 8.50. The number of carbonyl (C=O) groups excluding carboxylic acids is 1. The molecule has 0 saturated carbocycles. The Morgan fingerprint density at radius 3 is 2.50 bits per heavy atom. The monoisotopic (exact) mass is 350 g/mol. The first-order valence-corrected chi connectivity index (χ1v) is 8.50. The van der Waals surface area contributed by atoms with Crippen molar-refractivity contribution in [1.29, 1.82) is 0 Å². The Labute approximate surface area is 152 Å². The van der Waals surface area contributed by atoms with Gasteiger partial charge in [-0.2, -0.15) is 4.80 Å². The number of benzene rings is 2. The maximum Gasteiger partial charge on any atom is 0.274 e. The molecule has 2 aromatic carbocycles. The molecule has 26 heavy (non-hydrogen) atoms. The minimum absolute atomic E-state index is 0.133. The van der Waals surface area contributed by atoms with Crippen molar-refractivity contribution in [3.8, 4) is 5.69 Å². The number of hydrogen-bond acceptors (Lipinski definition) is 4. The standard InChI is InChI=1S/C20H22N4O2/c1-13-9-10-17(11-14(13)2)24-22-18(12-25)19(23-24)20(26)21-15(3)16-7-5-4-6-8-16/h4-11,15,25H,12H2,1-3H3,(H,21,26)/t15-/m1/s1. The second kappa shape index (κ2) is 7.49. The molecule has 1 atom stereocenters. The molecule has 3 rings (SSSR count). The van der Waals surface area contributed by atoms with Crippen LogP contribution in [0, 0.1) is 13.8 Å². The fourth-order valence-corrected chi connectivity index (χ4v) is 2.67. The fraction of sp³-hybridized carbons (Fsp3) is 0.250. The SMILES string of the molecule is Cc1ccc(-n2nc(CO)c(C(=O)N[C@H](C)c3ccccc3)n2)cc1C. The van der Waals surface area contributed by atoms with Crippen LogP contribution in [0.3, 0.4) is 0 Å². The van der Waals surface area contributed by atoms with Crippen molar-refractivity contribution in [2.45, 2.75) is 33.4 Å². The van der Waals surface area contributed by atoms with E-state index in [-0.39, 0.29) is 29.9 Å². The van der Waals surface area contributed by atoms with E-state index in [1.807, 2.05) is 69.3 Å². The van der Waals surface area contributed by atoms with Crippen molar-refractivity contribution in [1.82, 2.24) is 20.3 Å². The molecular formula is C20H22N4O2. The summed E-state index contributed by atoms with van der Waals surface area (Å²) in [5.74, 6) is -0.361. The molecule has 0 unspecified atom stereocenters. The Balaban J connectivity index is 1.86. The zero-order valence-corrected chi connectivity index (χ0v) is 15.1. The van der Waals surface area contributed by atoms with Gasteiger partial charge in [0.25, 0.3) is 5.91 Å². The predicted octanol–water partition coefficient (Wildman–Crippen LogP) is 2.87. The van der Waals surface area contributed by atoms with Gasteiger partial charge in [0, 0.05) is 0 Å². The summed E-state index contributed by atoms with van der Waals surface area (Å²) in [6.07, 6.45) is 0. The maximum atomic E-state index is 12.6. The van der Waals surface area contributed by atoms with E-state index in [1.165, 1.54) is 4.80 Å². The Morgan fingerprint density at radius 1 is 1.12 bits per heavy atom. The highest BCUT2D eigenvalue weighted by molar-refractivity contribution is 5.93. The quantitative estimate of drug-likeness (QED) is 0.741. The number of carbonyl (C=O) groups is 1. The number of aliphatic hydroxyl groups is 1. The van der Waals surface area contributed by atoms with Crippen LogP contribution in [-0.2, 0) is 6.61 Å². The van der Waals surface area contributed by atoms with Crippen molar-refractivity contribution in [3.63, 3.8) is 0 Å². The summed E-state index contributed by atoms with van der Waals surface area (Å²) in [5.41, 5.74) is 4.40. The van der Waals surface area contributed by atoms with E-state index in [4.69, 9.17) is 0 Å². The molecule has 1 heterocycles. The molecule has 0 aliphatic rings. The number of nitrogens with zero attached hydrogens (tertiary/aromatic N) is 3. The smallest absolute Gasteiger partial charge is 0.274 e. The van der Waals surface area contributed by atoms with Crippen molar-refractivity contribution < 1.29 is 9.90 Å². The Morgan fingerprint density at radius 2 is 1.85 bits per heavy atom. The van der Waals surface area contributed by atoms with E-state index in [2.05, 4.69) is 15.5 Å². The van der Waals surface area contributed by atoms with Crippen molar-refractivity contribution >= 4 is 5.91 Å². The molecule has 134 valence electrons. The number of amides is 1. The lowest BCUT2D eigenvalue weighted by Gasteiger charge is -2.13. The number of nitrogens with one attached hydrogen (secondary N) is 1. The summed E-state index contributed by atoms with van der Waals surface area (Å²) in [7, 11) is 0. The van der Waals surface area contributed by atoms with Crippen molar-refractivity contribution in [2.24, 2.45) is 0 Å². The molecule has 0 spiro atoms. The van der Waals surface area contributed by atoms with E-state index in [1.54, 1.807) is 0 Å².